The molecule has 0 aliphatic rings. The molecule has 0 unspecified atom stereocenters. The van der Waals surface area contributed by atoms with Gasteiger partial charge in [0.25, 0.3) is 0 Å². The summed E-state index contributed by atoms with van der Waals surface area (Å²) in [5.41, 5.74) is 3.16. The highest BCUT2D eigenvalue weighted by Crippen LogP contribution is 2.38. The molecule has 0 saturated heterocycles. The molecule has 3 aromatic carbocycles. The summed E-state index contributed by atoms with van der Waals surface area (Å²) in [5, 5.41) is 2.86. The molecule has 0 radical (unpaired) electrons. The average Bonchev–Trinajstić information content (AvgIpc) is 2.93. The molecule has 0 saturated carbocycles. The second-order valence-corrected chi connectivity index (χ2v) is 7.75. The number of rotatable bonds is 12. The third-order valence-electron chi connectivity index (χ3n) is 5.29. The zero-order valence-electron chi connectivity index (χ0n) is 21.4. The first-order valence-electron chi connectivity index (χ1n) is 11.5. The van der Waals surface area contributed by atoms with Gasteiger partial charge in [0.2, 0.25) is 11.7 Å². The molecule has 0 bridgehead atoms. The topological polar surface area (TPSA) is 75.3 Å². The molecule has 7 nitrogen and oxygen atoms in total. The van der Waals surface area contributed by atoms with Gasteiger partial charge in [-0.25, -0.2) is 0 Å². The fourth-order valence-electron chi connectivity index (χ4n) is 3.51. The molecule has 0 aliphatic heterocycles. The van der Waals surface area contributed by atoms with Gasteiger partial charge in [-0.1, -0.05) is 43.0 Å². The molecular weight excluding hydrogens is 470 g/mol. The van der Waals surface area contributed by atoms with Crippen molar-refractivity contribution in [3.63, 3.8) is 0 Å². The molecule has 192 valence electrons. The lowest BCUT2D eigenvalue weighted by Gasteiger charge is -2.13. The second-order valence-electron chi connectivity index (χ2n) is 7.75. The van der Waals surface area contributed by atoms with E-state index in [0.717, 1.165) is 16.7 Å². The van der Waals surface area contributed by atoms with Gasteiger partial charge in [0.05, 0.1) is 34.1 Å². The van der Waals surface area contributed by atoms with Crippen LogP contribution < -0.4 is 29.0 Å². The van der Waals surface area contributed by atoms with Crippen LogP contribution in [0.15, 0.2) is 73.3 Å². The highest BCUT2D eigenvalue weighted by atomic mass is 16.5. The van der Waals surface area contributed by atoms with Gasteiger partial charge in [0.1, 0.15) is 18.1 Å². The Kier molecular flexibility index (Phi) is 9.79. The molecule has 0 atom stereocenters. The smallest absolute Gasteiger partial charge is 0.248 e. The van der Waals surface area contributed by atoms with Gasteiger partial charge in [-0.3, -0.25) is 4.79 Å². The second kappa shape index (κ2) is 13.4. The molecule has 3 rings (SSSR count). The summed E-state index contributed by atoms with van der Waals surface area (Å²) in [6.45, 7) is 4.06. The van der Waals surface area contributed by atoms with Crippen LogP contribution in [0.4, 0.5) is 5.69 Å². The largest absolute Gasteiger partial charge is 0.495 e. The summed E-state index contributed by atoms with van der Waals surface area (Å²) in [5.74, 6) is 2.64. The highest BCUT2D eigenvalue weighted by molar-refractivity contribution is 6.03. The summed E-state index contributed by atoms with van der Waals surface area (Å²) in [6.07, 6.45) is 8.71. The van der Waals surface area contributed by atoms with Crippen molar-refractivity contribution in [2.75, 3.05) is 40.4 Å². The molecule has 1 N–H and O–H groups in total. The SMILES string of the molecule is C=CCOc1cccc(/C=C/C(=O)Nc2ccc(/C=C/c3cc(OC)c(OC)c(OC)c3)cc2OC)c1. The Bertz CT molecular complexity index is 1270. The van der Waals surface area contributed by atoms with E-state index >= 15 is 0 Å². The third-order valence-corrected chi connectivity index (χ3v) is 5.29. The summed E-state index contributed by atoms with van der Waals surface area (Å²) in [7, 11) is 6.28. The normalized spacial score (nSPS) is 10.8. The lowest BCUT2D eigenvalue weighted by molar-refractivity contribution is -0.111. The van der Waals surface area contributed by atoms with Crippen LogP contribution in [0.1, 0.15) is 16.7 Å². The van der Waals surface area contributed by atoms with E-state index in [1.54, 1.807) is 46.7 Å². The van der Waals surface area contributed by atoms with Gasteiger partial charge < -0.3 is 29.0 Å². The Morgan fingerprint density at radius 1 is 0.784 bits per heavy atom. The molecule has 1 amide bonds. The maximum atomic E-state index is 12.5. The Morgan fingerprint density at radius 3 is 2.08 bits per heavy atom. The molecule has 0 heterocycles. The number of amides is 1. The molecule has 7 heteroatoms. The number of carbonyl (C=O) groups excluding carboxylic acids is 1. The molecule has 0 aliphatic carbocycles. The van der Waals surface area contributed by atoms with Crippen LogP contribution >= 0.6 is 0 Å². The average molecular weight is 502 g/mol. The standard InChI is InChI=1S/C30H31NO6/c1-6-16-37-24-9-7-8-21(17-24)13-15-29(32)31-25-14-12-22(18-26(25)33-2)10-11-23-19-27(34-3)30(36-5)28(20-23)35-4/h6-15,17-20H,1,16H2,2-5H3,(H,31,32)/b11-10+,15-13+. The van der Waals surface area contributed by atoms with E-state index in [-0.39, 0.29) is 5.91 Å². The minimum Gasteiger partial charge on any atom is -0.495 e. The Balaban J connectivity index is 1.72. The number of hydrogen-bond donors (Lipinski definition) is 1. The highest BCUT2D eigenvalue weighted by Gasteiger charge is 2.12. The van der Waals surface area contributed by atoms with E-state index in [0.29, 0.717) is 41.0 Å². The van der Waals surface area contributed by atoms with Crippen LogP contribution in [0, 0.1) is 0 Å². The van der Waals surface area contributed by atoms with E-state index in [2.05, 4.69) is 11.9 Å². The van der Waals surface area contributed by atoms with Crippen molar-refractivity contribution in [3.05, 3.63) is 90.0 Å². The summed E-state index contributed by atoms with van der Waals surface area (Å²) in [4.78, 5) is 12.5. The molecular formula is C30H31NO6. The number of benzene rings is 3. The molecule has 0 aromatic heterocycles. The maximum absolute atomic E-state index is 12.5. The van der Waals surface area contributed by atoms with Crippen LogP contribution in [0.3, 0.4) is 0 Å². The van der Waals surface area contributed by atoms with Crippen molar-refractivity contribution < 1.29 is 28.5 Å². The number of hydrogen-bond acceptors (Lipinski definition) is 6. The first-order chi connectivity index (χ1) is 18.0. The van der Waals surface area contributed by atoms with Crippen LogP contribution in [0.5, 0.6) is 28.7 Å². The van der Waals surface area contributed by atoms with Crippen molar-refractivity contribution in [2.45, 2.75) is 0 Å². The van der Waals surface area contributed by atoms with Crippen LogP contribution in [-0.2, 0) is 4.79 Å². The Hall–Kier alpha value is -4.65. The van der Waals surface area contributed by atoms with Crippen molar-refractivity contribution in [2.24, 2.45) is 0 Å². The van der Waals surface area contributed by atoms with E-state index in [9.17, 15) is 4.79 Å². The lowest BCUT2D eigenvalue weighted by Crippen LogP contribution is -2.09. The summed E-state index contributed by atoms with van der Waals surface area (Å²) < 4.78 is 27.2. The number of ether oxygens (including phenoxy) is 5. The zero-order valence-corrected chi connectivity index (χ0v) is 21.4. The van der Waals surface area contributed by atoms with Gasteiger partial charge in [-0.05, 0) is 59.2 Å². The molecule has 0 spiro atoms. The number of nitrogens with one attached hydrogen (secondary N) is 1. The monoisotopic (exact) mass is 501 g/mol. The molecule has 37 heavy (non-hydrogen) atoms. The van der Waals surface area contributed by atoms with Crippen LogP contribution in [0.25, 0.3) is 18.2 Å². The van der Waals surface area contributed by atoms with Crippen LogP contribution in [0.2, 0.25) is 0 Å². The van der Waals surface area contributed by atoms with Crippen molar-refractivity contribution in [1.29, 1.82) is 0 Å². The fraction of sp³-hybridized carbons (Fsp3) is 0.167. The Morgan fingerprint density at radius 2 is 1.43 bits per heavy atom. The van der Waals surface area contributed by atoms with E-state index < -0.39 is 0 Å². The van der Waals surface area contributed by atoms with E-state index in [4.69, 9.17) is 23.7 Å². The number of carbonyl (C=O) groups is 1. The zero-order chi connectivity index (χ0) is 26.6. The van der Waals surface area contributed by atoms with Gasteiger partial charge in [0, 0.05) is 6.08 Å². The van der Waals surface area contributed by atoms with Crippen molar-refractivity contribution in [1.82, 2.24) is 0 Å². The van der Waals surface area contributed by atoms with Gasteiger partial charge in [-0.15, -0.1) is 0 Å². The maximum Gasteiger partial charge on any atom is 0.248 e. The first-order valence-corrected chi connectivity index (χ1v) is 11.5. The van der Waals surface area contributed by atoms with E-state index in [1.165, 1.54) is 6.08 Å². The van der Waals surface area contributed by atoms with Crippen LogP contribution in [-0.4, -0.2) is 41.0 Å². The third kappa shape index (κ3) is 7.41. The molecule has 3 aromatic rings. The van der Waals surface area contributed by atoms with Gasteiger partial charge in [-0.2, -0.15) is 0 Å². The fourth-order valence-corrected chi connectivity index (χ4v) is 3.51. The van der Waals surface area contributed by atoms with Gasteiger partial charge >= 0.3 is 0 Å². The predicted molar refractivity (Wildman–Crippen MR) is 148 cm³/mol. The Labute approximate surface area is 217 Å². The first kappa shape index (κ1) is 26.9. The van der Waals surface area contributed by atoms with Crippen molar-refractivity contribution >= 4 is 29.8 Å². The summed E-state index contributed by atoms with van der Waals surface area (Å²) >= 11 is 0. The lowest BCUT2D eigenvalue weighted by atomic mass is 10.1. The molecule has 0 fully saturated rings. The number of methoxy groups -OCH3 is 4. The minimum absolute atomic E-state index is 0.281. The summed E-state index contributed by atoms with van der Waals surface area (Å²) in [6, 6.07) is 16.7. The predicted octanol–water partition coefficient (Wildman–Crippen LogP) is 6.11. The van der Waals surface area contributed by atoms with E-state index in [1.807, 2.05) is 60.7 Å². The van der Waals surface area contributed by atoms with Crippen molar-refractivity contribution in [3.8, 4) is 28.7 Å². The quantitative estimate of drug-likeness (QED) is 0.183. The van der Waals surface area contributed by atoms with Gasteiger partial charge in [0.15, 0.2) is 11.5 Å². The minimum atomic E-state index is -0.281. The number of anilines is 1.